The van der Waals surface area contributed by atoms with Crippen molar-refractivity contribution in [2.75, 3.05) is 4.90 Å². The van der Waals surface area contributed by atoms with Crippen LogP contribution in [0.15, 0.2) is 102 Å². The number of benzene rings is 4. The minimum absolute atomic E-state index is 0.203. The molecule has 2 amide bonds. The number of hydrogen-bond donors (Lipinski definition) is 0. The third-order valence-electron chi connectivity index (χ3n) is 8.07. The minimum atomic E-state index is -2.10. The molecule has 8 heteroatoms. The Hall–Kier alpha value is -4.40. The summed E-state index contributed by atoms with van der Waals surface area (Å²) in [7, 11) is 0. The van der Waals surface area contributed by atoms with E-state index in [9.17, 15) is 19.2 Å². The Balaban J connectivity index is 1.28. The van der Waals surface area contributed by atoms with E-state index in [0.29, 0.717) is 22.7 Å². The summed E-state index contributed by atoms with van der Waals surface area (Å²) in [6.45, 7) is 1.93. The Morgan fingerprint density at radius 2 is 1.29 bits per heavy atom. The molecule has 0 radical (unpaired) electrons. The van der Waals surface area contributed by atoms with Crippen molar-refractivity contribution in [3.8, 4) is 11.5 Å². The molecule has 4 aromatic carbocycles. The summed E-state index contributed by atoms with van der Waals surface area (Å²) in [6.07, 6.45) is -0.954. The van der Waals surface area contributed by atoms with Crippen molar-refractivity contribution in [1.29, 1.82) is 0 Å². The number of nitrogens with zero attached hydrogens (tertiary/aromatic N) is 1. The molecule has 1 spiro atoms. The molecule has 7 nitrogen and oxygen atoms in total. The number of imide groups is 1. The maximum absolute atomic E-state index is 14.1. The molecule has 0 unspecified atom stereocenters. The van der Waals surface area contributed by atoms with Crippen LogP contribution in [0.25, 0.3) is 0 Å². The Labute approximate surface area is 243 Å². The van der Waals surface area contributed by atoms with Gasteiger partial charge in [-0.25, -0.2) is 4.90 Å². The number of anilines is 1. The molecule has 0 N–H and O–H groups in total. The van der Waals surface area contributed by atoms with Gasteiger partial charge in [-0.2, -0.15) is 0 Å². The normalized spacial score (nSPS) is 22.4. The summed E-state index contributed by atoms with van der Waals surface area (Å²) in [6, 6.07) is 27.7. The van der Waals surface area contributed by atoms with Crippen LogP contribution in [0.5, 0.6) is 11.5 Å². The van der Waals surface area contributed by atoms with Crippen molar-refractivity contribution >= 4 is 45.0 Å². The van der Waals surface area contributed by atoms with Gasteiger partial charge in [0.2, 0.25) is 29.0 Å². The van der Waals surface area contributed by atoms with Crippen molar-refractivity contribution in [2.45, 2.75) is 18.6 Å². The lowest BCUT2D eigenvalue weighted by atomic mass is 9.77. The van der Waals surface area contributed by atoms with Crippen LogP contribution in [-0.2, 0) is 14.3 Å². The smallest absolute Gasteiger partial charge is 0.241 e. The van der Waals surface area contributed by atoms with Gasteiger partial charge in [-0.3, -0.25) is 19.2 Å². The molecule has 4 aromatic rings. The molecule has 0 saturated carbocycles. The molecule has 1 aliphatic carbocycles. The summed E-state index contributed by atoms with van der Waals surface area (Å²) in [5.74, 6) is -3.51. The maximum atomic E-state index is 14.1. The Kier molecular flexibility index (Phi) is 5.81. The Bertz CT molecular complexity index is 1710. The summed E-state index contributed by atoms with van der Waals surface area (Å²) >= 11 is 3.39. The molecule has 3 aliphatic rings. The first-order valence-corrected chi connectivity index (χ1v) is 13.9. The van der Waals surface area contributed by atoms with Crippen molar-refractivity contribution in [3.63, 3.8) is 0 Å². The maximum Gasteiger partial charge on any atom is 0.241 e. The number of amides is 2. The fraction of sp³-hybridized carbons (Fsp3) is 0.152. The summed E-state index contributed by atoms with van der Waals surface area (Å²) in [5, 5.41) is 0. The SMILES string of the molecule is Cc1ccc([C@@H]2OC3(C(=O)c4ccccc4C3=O)[C@H]3C(=O)N(c4ccc(Oc5ccc(Br)cc5)cc4)C(=O)[C@H]23)cc1. The predicted octanol–water partition coefficient (Wildman–Crippen LogP) is 6.24. The van der Waals surface area contributed by atoms with E-state index in [0.717, 1.165) is 14.9 Å². The number of ether oxygens (including phenoxy) is 2. The van der Waals surface area contributed by atoms with Crippen LogP contribution < -0.4 is 9.64 Å². The van der Waals surface area contributed by atoms with Crippen LogP contribution in [0.1, 0.15) is 37.9 Å². The highest BCUT2D eigenvalue weighted by molar-refractivity contribution is 9.10. The molecule has 2 aliphatic heterocycles. The van der Waals surface area contributed by atoms with E-state index in [4.69, 9.17) is 9.47 Å². The Morgan fingerprint density at radius 1 is 0.732 bits per heavy atom. The van der Waals surface area contributed by atoms with Gasteiger partial charge in [-0.15, -0.1) is 0 Å². The second-order valence-electron chi connectivity index (χ2n) is 10.5. The highest BCUT2D eigenvalue weighted by Crippen LogP contribution is 2.57. The van der Waals surface area contributed by atoms with E-state index in [-0.39, 0.29) is 11.1 Å². The molecule has 0 aromatic heterocycles. The quantitative estimate of drug-likeness (QED) is 0.201. The second kappa shape index (κ2) is 9.33. The van der Waals surface area contributed by atoms with Gasteiger partial charge in [0.15, 0.2) is 0 Å². The van der Waals surface area contributed by atoms with Crippen LogP contribution in [-0.4, -0.2) is 29.0 Å². The van der Waals surface area contributed by atoms with Gasteiger partial charge in [0.25, 0.3) is 0 Å². The molecular weight excluding hydrogens is 586 g/mol. The average Bonchev–Trinajstić information content (AvgIpc) is 3.55. The fourth-order valence-corrected chi connectivity index (χ4v) is 6.40. The lowest BCUT2D eigenvalue weighted by Gasteiger charge is -2.27. The van der Waals surface area contributed by atoms with Crippen molar-refractivity contribution in [3.05, 3.63) is 124 Å². The topological polar surface area (TPSA) is 90.0 Å². The van der Waals surface area contributed by atoms with Crippen molar-refractivity contribution in [2.24, 2.45) is 11.8 Å². The zero-order valence-electron chi connectivity index (χ0n) is 21.7. The summed E-state index contributed by atoms with van der Waals surface area (Å²) in [5.41, 5.74) is 0.254. The molecule has 0 bridgehead atoms. The van der Waals surface area contributed by atoms with Gasteiger partial charge in [0, 0.05) is 15.6 Å². The highest BCUT2D eigenvalue weighted by atomic mass is 79.9. The molecule has 3 atom stereocenters. The first-order chi connectivity index (χ1) is 19.8. The monoisotopic (exact) mass is 607 g/mol. The standard InChI is InChI=1S/C33H22BrNO6/c1-18-6-8-19(9-7-18)28-26-27(33(41-28)29(36)24-4-2-3-5-25(24)30(33)37)32(39)35(31(26)38)21-12-16-23(17-13-21)40-22-14-10-20(34)11-15-22/h2-17,26-28H,1H3/t26-,27+,28-/m0/s1. The van der Waals surface area contributed by atoms with Crippen LogP contribution in [0.4, 0.5) is 5.69 Å². The van der Waals surface area contributed by atoms with E-state index >= 15 is 0 Å². The number of ketones is 2. The number of aryl methyl sites for hydroxylation is 1. The minimum Gasteiger partial charge on any atom is -0.457 e. The number of rotatable bonds is 4. The third kappa shape index (κ3) is 3.74. The van der Waals surface area contributed by atoms with Crippen molar-refractivity contribution in [1.82, 2.24) is 0 Å². The van der Waals surface area contributed by atoms with E-state index in [1.54, 1.807) is 48.5 Å². The molecule has 2 saturated heterocycles. The van der Waals surface area contributed by atoms with Gasteiger partial charge in [-0.1, -0.05) is 70.0 Å². The Morgan fingerprint density at radius 3 is 1.88 bits per heavy atom. The first-order valence-electron chi connectivity index (χ1n) is 13.1. The molecule has 7 rings (SSSR count). The number of carbonyl (C=O) groups is 4. The first kappa shape index (κ1) is 25.6. The van der Waals surface area contributed by atoms with E-state index in [1.807, 2.05) is 55.5 Å². The van der Waals surface area contributed by atoms with Crippen LogP contribution in [0, 0.1) is 18.8 Å². The zero-order valence-corrected chi connectivity index (χ0v) is 23.3. The number of Topliss-reactive ketones (excluding diaryl/α,β-unsaturated/α-hetero) is 2. The van der Waals surface area contributed by atoms with Gasteiger partial charge in [0.05, 0.1) is 23.6 Å². The molecular formula is C33H22BrNO6. The molecule has 41 heavy (non-hydrogen) atoms. The largest absolute Gasteiger partial charge is 0.457 e. The highest BCUT2D eigenvalue weighted by Gasteiger charge is 2.74. The van der Waals surface area contributed by atoms with Crippen LogP contribution in [0.3, 0.4) is 0 Å². The van der Waals surface area contributed by atoms with Crippen LogP contribution >= 0.6 is 15.9 Å². The van der Waals surface area contributed by atoms with Gasteiger partial charge >= 0.3 is 0 Å². The van der Waals surface area contributed by atoms with E-state index in [1.165, 1.54) is 0 Å². The number of carbonyl (C=O) groups excluding carboxylic acids is 4. The zero-order chi connectivity index (χ0) is 28.5. The second-order valence-corrected chi connectivity index (χ2v) is 11.4. The average molecular weight is 608 g/mol. The molecule has 202 valence electrons. The summed E-state index contributed by atoms with van der Waals surface area (Å²) in [4.78, 5) is 57.0. The summed E-state index contributed by atoms with van der Waals surface area (Å²) < 4.78 is 13.1. The lowest BCUT2D eigenvalue weighted by molar-refractivity contribution is -0.127. The van der Waals surface area contributed by atoms with Gasteiger partial charge in [-0.05, 0) is 61.0 Å². The molecule has 2 heterocycles. The van der Waals surface area contributed by atoms with Crippen LogP contribution in [0.2, 0.25) is 0 Å². The van der Waals surface area contributed by atoms with Gasteiger partial charge in [0.1, 0.15) is 11.5 Å². The van der Waals surface area contributed by atoms with E-state index in [2.05, 4.69) is 15.9 Å². The number of fused-ring (bicyclic) bond motifs is 3. The van der Waals surface area contributed by atoms with Crippen molar-refractivity contribution < 1.29 is 28.7 Å². The lowest BCUT2D eigenvalue weighted by Crippen LogP contribution is -2.51. The third-order valence-corrected chi connectivity index (χ3v) is 8.60. The molecule has 2 fully saturated rings. The number of hydrogen-bond acceptors (Lipinski definition) is 6. The fourth-order valence-electron chi connectivity index (χ4n) is 6.13. The number of halogens is 1. The van der Waals surface area contributed by atoms with E-state index < -0.39 is 46.9 Å². The predicted molar refractivity (Wildman–Crippen MR) is 153 cm³/mol. The van der Waals surface area contributed by atoms with Gasteiger partial charge < -0.3 is 9.47 Å².